The Labute approximate surface area is 95.7 Å². The zero-order chi connectivity index (χ0) is 11.4. The van der Waals surface area contributed by atoms with Crippen molar-refractivity contribution in [3.8, 4) is 0 Å². The Morgan fingerprint density at radius 3 is 2.67 bits per heavy atom. The number of nitrogens with two attached hydrogens (primary N) is 2. The fraction of sp³-hybridized carbons (Fsp3) is 0.111. The molecule has 5 N–H and O–H groups in total. The molecule has 0 aliphatic rings. The van der Waals surface area contributed by atoms with Crippen LogP contribution in [0.4, 0.5) is 10.5 Å². The number of nitrogens with one attached hydrogen (secondary N) is 1. The van der Waals surface area contributed by atoms with Gasteiger partial charge in [0.1, 0.15) is 0 Å². The molecule has 0 spiro atoms. The van der Waals surface area contributed by atoms with Crippen LogP contribution in [0.15, 0.2) is 27.7 Å². The number of hydrogen-bond acceptors (Lipinski definition) is 1. The third-order valence-corrected chi connectivity index (χ3v) is 2.15. The Kier molecular flexibility index (Phi) is 3.68. The van der Waals surface area contributed by atoms with E-state index in [9.17, 15) is 4.79 Å². The summed E-state index contributed by atoms with van der Waals surface area (Å²) in [6, 6.07) is 4.88. The molecule has 0 saturated carbocycles. The number of anilines is 1. The van der Waals surface area contributed by atoms with Crippen molar-refractivity contribution in [3.05, 3.63) is 28.2 Å². The highest BCUT2D eigenvalue weighted by Crippen LogP contribution is 2.19. The SMILES string of the molecule is Cc1cc(Br)ccc1NC(=O)N=C(N)N. The van der Waals surface area contributed by atoms with Crippen LogP contribution < -0.4 is 16.8 Å². The number of rotatable bonds is 1. The number of halogens is 1. The maximum Gasteiger partial charge on any atom is 0.348 e. The van der Waals surface area contributed by atoms with Crippen molar-refractivity contribution in [2.45, 2.75) is 6.92 Å². The van der Waals surface area contributed by atoms with Gasteiger partial charge in [0.25, 0.3) is 0 Å². The number of carbonyl (C=O) groups excluding carboxylic acids is 1. The molecule has 6 heteroatoms. The van der Waals surface area contributed by atoms with Crippen molar-refractivity contribution >= 4 is 33.6 Å². The van der Waals surface area contributed by atoms with Crippen LogP contribution in [0.2, 0.25) is 0 Å². The first-order valence-electron chi connectivity index (χ1n) is 4.16. The predicted octanol–water partition coefficient (Wildman–Crippen LogP) is 1.56. The molecule has 0 aliphatic carbocycles. The molecule has 1 aromatic carbocycles. The molecule has 0 aliphatic heterocycles. The van der Waals surface area contributed by atoms with E-state index in [4.69, 9.17) is 11.5 Å². The second kappa shape index (κ2) is 4.79. The smallest absolute Gasteiger partial charge is 0.348 e. The van der Waals surface area contributed by atoms with E-state index in [1.165, 1.54) is 0 Å². The second-order valence-electron chi connectivity index (χ2n) is 2.93. The molecule has 5 nitrogen and oxygen atoms in total. The molecule has 2 amide bonds. The Bertz CT molecular complexity index is 413. The van der Waals surface area contributed by atoms with E-state index >= 15 is 0 Å². The van der Waals surface area contributed by atoms with Gasteiger partial charge in [0.05, 0.1) is 0 Å². The highest BCUT2D eigenvalue weighted by molar-refractivity contribution is 9.10. The fourth-order valence-corrected chi connectivity index (χ4v) is 1.50. The summed E-state index contributed by atoms with van der Waals surface area (Å²) < 4.78 is 0.944. The molecule has 0 saturated heterocycles. The van der Waals surface area contributed by atoms with Crippen LogP contribution in [-0.4, -0.2) is 12.0 Å². The van der Waals surface area contributed by atoms with Gasteiger partial charge in [-0.3, -0.25) is 0 Å². The zero-order valence-electron chi connectivity index (χ0n) is 8.12. The van der Waals surface area contributed by atoms with Crippen molar-refractivity contribution in [2.24, 2.45) is 16.5 Å². The molecule has 0 bridgehead atoms. The Morgan fingerprint density at radius 2 is 2.13 bits per heavy atom. The number of guanidine groups is 1. The maximum absolute atomic E-state index is 11.2. The highest BCUT2D eigenvalue weighted by Gasteiger charge is 2.03. The third-order valence-electron chi connectivity index (χ3n) is 1.66. The Hall–Kier alpha value is -1.56. The average molecular weight is 271 g/mol. The van der Waals surface area contributed by atoms with Gasteiger partial charge in [-0.05, 0) is 30.7 Å². The number of carbonyl (C=O) groups is 1. The molecular formula is C9H11BrN4O. The summed E-state index contributed by atoms with van der Waals surface area (Å²) >= 11 is 3.32. The van der Waals surface area contributed by atoms with Gasteiger partial charge in [-0.1, -0.05) is 15.9 Å². The quantitative estimate of drug-likeness (QED) is 0.534. The minimum Gasteiger partial charge on any atom is -0.370 e. The van der Waals surface area contributed by atoms with Gasteiger partial charge < -0.3 is 16.8 Å². The average Bonchev–Trinajstić information content (AvgIpc) is 2.08. The van der Waals surface area contributed by atoms with Gasteiger partial charge in [0.2, 0.25) is 0 Å². The summed E-state index contributed by atoms with van der Waals surface area (Å²) in [6.45, 7) is 1.87. The van der Waals surface area contributed by atoms with Gasteiger partial charge in [-0.15, -0.1) is 0 Å². The normalized spacial score (nSPS) is 9.47. The van der Waals surface area contributed by atoms with Gasteiger partial charge in [0, 0.05) is 10.2 Å². The standard InChI is InChI=1S/C9H11BrN4O/c1-5-4-6(10)2-3-7(5)13-9(15)14-8(11)12/h2-4H,1H3,(H5,11,12,13,14,15). The minimum absolute atomic E-state index is 0.262. The number of urea groups is 1. The van der Waals surface area contributed by atoms with E-state index in [1.54, 1.807) is 6.07 Å². The first-order valence-corrected chi connectivity index (χ1v) is 4.95. The lowest BCUT2D eigenvalue weighted by molar-refractivity contribution is 0.259. The largest absolute Gasteiger partial charge is 0.370 e. The van der Waals surface area contributed by atoms with Gasteiger partial charge in [-0.25, -0.2) is 4.79 Å². The molecule has 1 aromatic rings. The predicted molar refractivity (Wildman–Crippen MR) is 63.7 cm³/mol. The zero-order valence-corrected chi connectivity index (χ0v) is 9.71. The monoisotopic (exact) mass is 270 g/mol. The fourth-order valence-electron chi connectivity index (χ4n) is 1.03. The summed E-state index contributed by atoms with van der Waals surface area (Å²) in [5, 5.41) is 2.56. The lowest BCUT2D eigenvalue weighted by Crippen LogP contribution is -2.25. The molecule has 0 fully saturated rings. The lowest BCUT2D eigenvalue weighted by Gasteiger charge is -2.05. The molecule has 0 atom stereocenters. The molecular weight excluding hydrogens is 260 g/mol. The summed E-state index contributed by atoms with van der Waals surface area (Å²) in [7, 11) is 0. The first-order chi connectivity index (χ1) is 6.99. The second-order valence-corrected chi connectivity index (χ2v) is 3.84. The Balaban J connectivity index is 2.82. The van der Waals surface area contributed by atoms with Crippen molar-refractivity contribution in [2.75, 3.05) is 5.32 Å². The van der Waals surface area contributed by atoms with Crippen LogP contribution in [0.25, 0.3) is 0 Å². The topological polar surface area (TPSA) is 93.5 Å². The molecule has 15 heavy (non-hydrogen) atoms. The van der Waals surface area contributed by atoms with Crippen molar-refractivity contribution in [3.63, 3.8) is 0 Å². The Morgan fingerprint density at radius 1 is 1.47 bits per heavy atom. The summed E-state index contributed by atoms with van der Waals surface area (Å²) in [6.07, 6.45) is 0. The maximum atomic E-state index is 11.2. The van der Waals surface area contributed by atoms with Crippen LogP contribution >= 0.6 is 15.9 Å². The van der Waals surface area contributed by atoms with Crippen LogP contribution in [-0.2, 0) is 0 Å². The molecule has 80 valence electrons. The van der Waals surface area contributed by atoms with E-state index in [-0.39, 0.29) is 5.96 Å². The van der Waals surface area contributed by atoms with Crippen LogP contribution in [0.1, 0.15) is 5.56 Å². The number of hydrogen-bond donors (Lipinski definition) is 3. The summed E-state index contributed by atoms with van der Waals surface area (Å²) in [4.78, 5) is 14.5. The van der Waals surface area contributed by atoms with E-state index in [0.717, 1.165) is 10.0 Å². The number of nitrogens with zero attached hydrogens (tertiary/aromatic N) is 1. The number of amides is 2. The molecule has 0 unspecified atom stereocenters. The lowest BCUT2D eigenvalue weighted by atomic mass is 10.2. The van der Waals surface area contributed by atoms with Gasteiger partial charge in [-0.2, -0.15) is 4.99 Å². The van der Waals surface area contributed by atoms with E-state index in [2.05, 4.69) is 26.2 Å². The van der Waals surface area contributed by atoms with Crippen molar-refractivity contribution < 1.29 is 4.79 Å². The van der Waals surface area contributed by atoms with E-state index < -0.39 is 6.03 Å². The third kappa shape index (κ3) is 3.59. The summed E-state index contributed by atoms with van der Waals surface area (Å²) in [5.41, 5.74) is 11.7. The number of aliphatic imine (C=N–C) groups is 1. The molecule has 0 aromatic heterocycles. The molecule has 0 heterocycles. The summed E-state index contributed by atoms with van der Waals surface area (Å²) in [5.74, 6) is -0.262. The van der Waals surface area contributed by atoms with Crippen LogP contribution in [0.3, 0.4) is 0 Å². The van der Waals surface area contributed by atoms with Gasteiger partial charge in [0.15, 0.2) is 5.96 Å². The molecule has 0 radical (unpaired) electrons. The molecule has 1 rings (SSSR count). The van der Waals surface area contributed by atoms with Crippen LogP contribution in [0.5, 0.6) is 0 Å². The number of benzene rings is 1. The van der Waals surface area contributed by atoms with E-state index in [1.807, 2.05) is 19.1 Å². The van der Waals surface area contributed by atoms with Gasteiger partial charge >= 0.3 is 6.03 Å². The highest BCUT2D eigenvalue weighted by atomic mass is 79.9. The first kappa shape index (κ1) is 11.5. The minimum atomic E-state index is -0.583. The van der Waals surface area contributed by atoms with E-state index in [0.29, 0.717) is 5.69 Å². The van der Waals surface area contributed by atoms with Crippen LogP contribution in [0, 0.1) is 6.92 Å². The number of aryl methyl sites for hydroxylation is 1. The van der Waals surface area contributed by atoms with Crippen molar-refractivity contribution in [1.29, 1.82) is 0 Å². The van der Waals surface area contributed by atoms with Crippen molar-refractivity contribution in [1.82, 2.24) is 0 Å².